The summed E-state index contributed by atoms with van der Waals surface area (Å²) in [6, 6.07) is 2.73. The minimum atomic E-state index is -0.943. The van der Waals surface area contributed by atoms with Crippen molar-refractivity contribution in [2.75, 3.05) is 5.32 Å². The average molecular weight is 336 g/mol. The van der Waals surface area contributed by atoms with E-state index in [-0.39, 0.29) is 21.9 Å². The number of nitrogens with one attached hydrogen (secondary N) is 1. The van der Waals surface area contributed by atoms with E-state index in [1.807, 2.05) is 13.8 Å². The fourth-order valence-electron chi connectivity index (χ4n) is 2.61. The van der Waals surface area contributed by atoms with Gasteiger partial charge in [0, 0.05) is 12.5 Å². The fourth-order valence-corrected chi connectivity index (χ4v) is 3.53. The highest BCUT2D eigenvalue weighted by Crippen LogP contribution is 2.38. The van der Waals surface area contributed by atoms with Crippen LogP contribution in [-0.4, -0.2) is 16.7 Å². The van der Waals surface area contributed by atoms with Crippen molar-refractivity contribution in [3.8, 4) is 0 Å². The van der Waals surface area contributed by atoms with E-state index in [0.717, 1.165) is 23.5 Å². The molecule has 1 N–H and O–H groups in total. The topological polar surface area (TPSA) is 59.1 Å². The third kappa shape index (κ3) is 3.14. The van der Waals surface area contributed by atoms with E-state index < -0.39 is 17.5 Å². The van der Waals surface area contributed by atoms with Gasteiger partial charge in [0.2, 0.25) is 0 Å². The molecular weight excluding hydrogens is 322 g/mol. The molecule has 1 aromatic carbocycles. The first-order chi connectivity index (χ1) is 10.7. The molecule has 0 radical (unpaired) electrons. The SMILES string of the molecule is CC1(C)CC(=O)c2sc(NC(=O)c3ccc(F)cc3F)nc2C1. The average Bonchev–Trinajstić information content (AvgIpc) is 2.79. The summed E-state index contributed by atoms with van der Waals surface area (Å²) < 4.78 is 26.5. The Bertz CT molecular complexity index is 814. The van der Waals surface area contributed by atoms with E-state index in [0.29, 0.717) is 29.5 Å². The van der Waals surface area contributed by atoms with Crippen LogP contribution in [0, 0.1) is 17.0 Å². The van der Waals surface area contributed by atoms with E-state index >= 15 is 0 Å². The van der Waals surface area contributed by atoms with Gasteiger partial charge in [-0.1, -0.05) is 25.2 Å². The molecule has 1 heterocycles. The molecular formula is C16H14F2N2O2S. The van der Waals surface area contributed by atoms with E-state index in [1.165, 1.54) is 0 Å². The Morgan fingerprint density at radius 1 is 1.30 bits per heavy atom. The predicted molar refractivity (Wildman–Crippen MR) is 82.9 cm³/mol. The number of hydrogen-bond donors (Lipinski definition) is 1. The summed E-state index contributed by atoms with van der Waals surface area (Å²) in [4.78, 5) is 29.0. The molecule has 0 atom stereocenters. The van der Waals surface area contributed by atoms with Crippen molar-refractivity contribution in [1.29, 1.82) is 0 Å². The fraction of sp³-hybridized carbons (Fsp3) is 0.312. The molecule has 0 saturated carbocycles. The quantitative estimate of drug-likeness (QED) is 0.907. The van der Waals surface area contributed by atoms with E-state index in [9.17, 15) is 18.4 Å². The van der Waals surface area contributed by atoms with Crippen LogP contribution < -0.4 is 5.32 Å². The molecule has 2 aromatic rings. The Kier molecular flexibility index (Phi) is 3.75. The maximum atomic E-state index is 13.6. The van der Waals surface area contributed by atoms with Crippen molar-refractivity contribution in [1.82, 2.24) is 4.98 Å². The first-order valence-electron chi connectivity index (χ1n) is 7.04. The standard InChI is InChI=1S/C16H14F2N2O2S/c1-16(2)6-11-13(12(21)7-16)23-15(19-11)20-14(22)9-4-3-8(17)5-10(9)18/h3-5H,6-7H2,1-2H3,(H,19,20,22). The molecule has 0 fully saturated rings. The number of rotatable bonds is 2. The smallest absolute Gasteiger partial charge is 0.260 e. The molecule has 0 aliphatic heterocycles. The van der Waals surface area contributed by atoms with Crippen molar-refractivity contribution < 1.29 is 18.4 Å². The molecule has 0 bridgehead atoms. The molecule has 0 spiro atoms. The third-order valence-corrected chi connectivity index (χ3v) is 4.69. The summed E-state index contributed by atoms with van der Waals surface area (Å²) in [5.74, 6) is -2.42. The molecule has 0 unspecified atom stereocenters. The van der Waals surface area contributed by atoms with Crippen LogP contribution in [0.4, 0.5) is 13.9 Å². The van der Waals surface area contributed by atoms with E-state index in [1.54, 1.807) is 0 Å². The van der Waals surface area contributed by atoms with Crippen molar-refractivity contribution in [2.45, 2.75) is 26.7 Å². The van der Waals surface area contributed by atoms with Gasteiger partial charge in [-0.15, -0.1) is 0 Å². The van der Waals surface area contributed by atoms with Gasteiger partial charge in [-0.25, -0.2) is 13.8 Å². The van der Waals surface area contributed by atoms with Crippen LogP contribution in [0.15, 0.2) is 18.2 Å². The lowest BCUT2D eigenvalue weighted by Crippen LogP contribution is -2.26. The Hall–Kier alpha value is -2.15. The molecule has 1 aliphatic carbocycles. The predicted octanol–water partition coefficient (Wildman–Crippen LogP) is 3.83. The zero-order chi connectivity index (χ0) is 16.8. The summed E-state index contributed by atoms with van der Waals surface area (Å²) in [5.41, 5.74) is 0.222. The molecule has 1 aromatic heterocycles. The normalized spacial score (nSPS) is 16.1. The number of carbonyl (C=O) groups excluding carboxylic acids is 2. The number of thiazole rings is 1. The number of halogens is 2. The highest BCUT2D eigenvalue weighted by molar-refractivity contribution is 7.17. The maximum Gasteiger partial charge on any atom is 0.260 e. The first-order valence-corrected chi connectivity index (χ1v) is 7.86. The molecule has 1 aliphatic rings. The van der Waals surface area contributed by atoms with Gasteiger partial charge in [0.1, 0.15) is 11.6 Å². The number of hydrogen-bond acceptors (Lipinski definition) is 4. The van der Waals surface area contributed by atoms with Crippen molar-refractivity contribution in [2.24, 2.45) is 5.41 Å². The van der Waals surface area contributed by atoms with Gasteiger partial charge in [0.05, 0.1) is 16.1 Å². The van der Waals surface area contributed by atoms with Gasteiger partial charge < -0.3 is 0 Å². The molecule has 23 heavy (non-hydrogen) atoms. The first kappa shape index (κ1) is 15.7. The van der Waals surface area contributed by atoms with Gasteiger partial charge in [0.25, 0.3) is 5.91 Å². The second-order valence-corrected chi connectivity index (χ2v) is 7.31. The van der Waals surface area contributed by atoms with Gasteiger partial charge in [-0.2, -0.15) is 0 Å². The third-order valence-electron chi connectivity index (χ3n) is 3.63. The van der Waals surface area contributed by atoms with Crippen LogP contribution in [-0.2, 0) is 6.42 Å². The number of benzene rings is 1. The number of nitrogens with zero attached hydrogens (tertiary/aromatic N) is 1. The summed E-state index contributed by atoms with van der Waals surface area (Å²) >= 11 is 1.09. The Labute approximate surface area is 135 Å². The zero-order valence-corrected chi connectivity index (χ0v) is 13.4. The lowest BCUT2D eigenvalue weighted by atomic mass is 9.78. The molecule has 1 amide bonds. The Morgan fingerprint density at radius 2 is 2.04 bits per heavy atom. The van der Waals surface area contributed by atoms with Gasteiger partial charge in [0.15, 0.2) is 10.9 Å². The molecule has 7 heteroatoms. The number of fused-ring (bicyclic) bond motifs is 1. The number of anilines is 1. The second kappa shape index (κ2) is 5.49. The molecule has 0 saturated heterocycles. The number of carbonyl (C=O) groups is 2. The second-order valence-electron chi connectivity index (χ2n) is 6.31. The molecule has 120 valence electrons. The minimum absolute atomic E-state index is 0.00205. The van der Waals surface area contributed by atoms with Crippen molar-refractivity contribution in [3.05, 3.63) is 46.0 Å². The van der Waals surface area contributed by atoms with E-state index in [2.05, 4.69) is 10.3 Å². The van der Waals surface area contributed by atoms with Crippen LogP contribution in [0.2, 0.25) is 0 Å². The van der Waals surface area contributed by atoms with Crippen molar-refractivity contribution >= 4 is 28.2 Å². The summed E-state index contributed by atoms with van der Waals surface area (Å²) in [5, 5.41) is 2.72. The number of ketones is 1. The highest BCUT2D eigenvalue weighted by Gasteiger charge is 2.34. The number of amides is 1. The summed E-state index contributed by atoms with van der Waals surface area (Å²) in [6.45, 7) is 3.97. The van der Waals surface area contributed by atoms with E-state index in [4.69, 9.17) is 0 Å². The molecule has 3 rings (SSSR count). The van der Waals surface area contributed by atoms with Gasteiger partial charge in [-0.3, -0.25) is 14.9 Å². The van der Waals surface area contributed by atoms with Crippen LogP contribution in [0.25, 0.3) is 0 Å². The lowest BCUT2D eigenvalue weighted by Gasteiger charge is -2.26. The zero-order valence-electron chi connectivity index (χ0n) is 12.6. The minimum Gasteiger partial charge on any atom is -0.298 e. The molecule has 4 nitrogen and oxygen atoms in total. The monoisotopic (exact) mass is 336 g/mol. The Morgan fingerprint density at radius 3 is 2.74 bits per heavy atom. The van der Waals surface area contributed by atoms with Gasteiger partial charge >= 0.3 is 0 Å². The van der Waals surface area contributed by atoms with Crippen LogP contribution in [0.1, 0.15) is 46.0 Å². The van der Waals surface area contributed by atoms with Crippen LogP contribution in [0.3, 0.4) is 0 Å². The van der Waals surface area contributed by atoms with Crippen LogP contribution in [0.5, 0.6) is 0 Å². The lowest BCUT2D eigenvalue weighted by molar-refractivity contribution is 0.0915. The number of aromatic nitrogens is 1. The largest absolute Gasteiger partial charge is 0.298 e. The van der Waals surface area contributed by atoms with Crippen molar-refractivity contribution in [3.63, 3.8) is 0 Å². The number of Topliss-reactive ketones (excluding diaryl/α,β-unsaturated/α-hetero) is 1. The van der Waals surface area contributed by atoms with Crippen LogP contribution >= 0.6 is 11.3 Å². The highest BCUT2D eigenvalue weighted by atomic mass is 32.1. The maximum absolute atomic E-state index is 13.6. The Balaban J connectivity index is 1.84. The summed E-state index contributed by atoms with van der Waals surface area (Å²) in [7, 11) is 0. The summed E-state index contributed by atoms with van der Waals surface area (Å²) in [6.07, 6.45) is 1.08. The van der Waals surface area contributed by atoms with Gasteiger partial charge in [-0.05, 0) is 24.0 Å².